The summed E-state index contributed by atoms with van der Waals surface area (Å²) in [5.74, 6) is 1.16. The minimum Gasteiger partial charge on any atom is -0.493 e. The number of hydrogen-bond donors (Lipinski definition) is 0. The number of benzene rings is 2. The molecule has 0 heterocycles. The molecule has 1 heteroatoms. The SMILES string of the molecule is C1=CC(=CC(COc2ccccc2)c2ccccc2)C=C1. The fraction of sp³-hybridized carbons (Fsp3) is 0.100. The molecule has 0 N–H and O–H groups in total. The molecule has 0 saturated carbocycles. The first-order chi connectivity index (χ1) is 10.4. The Labute approximate surface area is 125 Å². The number of rotatable bonds is 5. The summed E-state index contributed by atoms with van der Waals surface area (Å²) in [5, 5.41) is 0. The lowest BCUT2D eigenvalue weighted by Gasteiger charge is -2.15. The monoisotopic (exact) mass is 274 g/mol. The zero-order chi connectivity index (χ0) is 14.3. The summed E-state index contributed by atoms with van der Waals surface area (Å²) in [6.45, 7) is 0.638. The number of hydrogen-bond acceptors (Lipinski definition) is 1. The van der Waals surface area contributed by atoms with Gasteiger partial charge in [0.15, 0.2) is 0 Å². The predicted molar refractivity (Wildman–Crippen MR) is 87.5 cm³/mol. The van der Waals surface area contributed by atoms with Gasteiger partial charge in [0.05, 0.1) is 6.61 Å². The molecule has 0 aromatic heterocycles. The molecule has 0 saturated heterocycles. The van der Waals surface area contributed by atoms with Crippen molar-refractivity contribution in [1.82, 2.24) is 0 Å². The number of para-hydroxylation sites is 1. The fourth-order valence-electron chi connectivity index (χ4n) is 2.38. The Bertz CT molecular complexity index is 637. The van der Waals surface area contributed by atoms with Crippen LogP contribution in [0.5, 0.6) is 5.75 Å². The molecular weight excluding hydrogens is 256 g/mol. The number of ether oxygens (including phenoxy) is 1. The molecule has 0 fully saturated rings. The minimum absolute atomic E-state index is 0.244. The van der Waals surface area contributed by atoms with Gasteiger partial charge in [-0.25, -0.2) is 0 Å². The molecule has 0 aliphatic heterocycles. The summed E-state index contributed by atoms with van der Waals surface area (Å²) in [4.78, 5) is 0. The van der Waals surface area contributed by atoms with Crippen LogP contribution in [0.4, 0.5) is 0 Å². The highest BCUT2D eigenvalue weighted by molar-refractivity contribution is 5.42. The summed E-state index contributed by atoms with van der Waals surface area (Å²) < 4.78 is 5.94. The Morgan fingerprint density at radius 1 is 0.810 bits per heavy atom. The summed E-state index contributed by atoms with van der Waals surface area (Å²) >= 11 is 0. The van der Waals surface area contributed by atoms with Crippen molar-refractivity contribution >= 4 is 0 Å². The van der Waals surface area contributed by atoms with Gasteiger partial charge in [-0.2, -0.15) is 0 Å². The molecule has 21 heavy (non-hydrogen) atoms. The summed E-state index contributed by atoms with van der Waals surface area (Å²) in [5.41, 5.74) is 2.51. The van der Waals surface area contributed by atoms with Gasteiger partial charge in [-0.1, -0.05) is 78.9 Å². The van der Waals surface area contributed by atoms with Crippen LogP contribution in [0.25, 0.3) is 0 Å². The van der Waals surface area contributed by atoms with E-state index in [9.17, 15) is 0 Å². The lowest BCUT2D eigenvalue weighted by molar-refractivity contribution is 0.306. The van der Waals surface area contributed by atoms with E-state index >= 15 is 0 Å². The molecule has 1 atom stereocenters. The Kier molecular flexibility index (Phi) is 4.33. The van der Waals surface area contributed by atoms with E-state index in [1.807, 2.05) is 36.4 Å². The Morgan fingerprint density at radius 2 is 1.43 bits per heavy atom. The predicted octanol–water partition coefficient (Wildman–Crippen LogP) is 4.90. The lowest BCUT2D eigenvalue weighted by atomic mass is 9.97. The van der Waals surface area contributed by atoms with Gasteiger partial charge in [0, 0.05) is 5.92 Å². The first-order valence-corrected chi connectivity index (χ1v) is 7.21. The van der Waals surface area contributed by atoms with Crippen LogP contribution >= 0.6 is 0 Å². The van der Waals surface area contributed by atoms with Gasteiger partial charge in [0.2, 0.25) is 0 Å². The van der Waals surface area contributed by atoms with E-state index in [1.165, 1.54) is 11.1 Å². The second-order valence-electron chi connectivity index (χ2n) is 5.03. The maximum Gasteiger partial charge on any atom is 0.119 e. The van der Waals surface area contributed by atoms with Gasteiger partial charge in [-0.3, -0.25) is 0 Å². The Morgan fingerprint density at radius 3 is 2.10 bits per heavy atom. The van der Waals surface area contributed by atoms with E-state index in [1.54, 1.807) is 0 Å². The van der Waals surface area contributed by atoms with E-state index in [0.717, 1.165) is 5.75 Å². The maximum absolute atomic E-state index is 5.94. The molecule has 104 valence electrons. The molecule has 0 bridgehead atoms. The average molecular weight is 274 g/mol. The van der Waals surface area contributed by atoms with Crippen molar-refractivity contribution in [3.63, 3.8) is 0 Å². The van der Waals surface area contributed by atoms with Crippen molar-refractivity contribution < 1.29 is 4.74 Å². The Hall–Kier alpha value is -2.54. The highest BCUT2D eigenvalue weighted by Crippen LogP contribution is 2.23. The second kappa shape index (κ2) is 6.76. The zero-order valence-corrected chi connectivity index (χ0v) is 11.9. The normalized spacial score (nSPS) is 14.2. The molecule has 0 amide bonds. The van der Waals surface area contributed by atoms with Crippen LogP contribution in [0.2, 0.25) is 0 Å². The van der Waals surface area contributed by atoms with Gasteiger partial charge in [-0.05, 0) is 23.3 Å². The summed E-state index contributed by atoms with van der Waals surface area (Å²) in [6.07, 6.45) is 10.6. The molecular formula is C20H18O. The van der Waals surface area contributed by atoms with Gasteiger partial charge in [0.25, 0.3) is 0 Å². The van der Waals surface area contributed by atoms with Gasteiger partial charge < -0.3 is 4.74 Å². The zero-order valence-electron chi connectivity index (χ0n) is 11.9. The van der Waals surface area contributed by atoms with Crippen molar-refractivity contribution in [3.8, 4) is 5.75 Å². The largest absolute Gasteiger partial charge is 0.493 e. The van der Waals surface area contributed by atoms with E-state index in [0.29, 0.717) is 6.61 Å². The second-order valence-corrected chi connectivity index (χ2v) is 5.03. The smallest absolute Gasteiger partial charge is 0.119 e. The first kappa shape index (κ1) is 13.4. The molecule has 1 nitrogen and oxygen atoms in total. The first-order valence-electron chi connectivity index (χ1n) is 7.21. The van der Waals surface area contributed by atoms with Crippen molar-refractivity contribution in [2.45, 2.75) is 5.92 Å². The van der Waals surface area contributed by atoms with E-state index < -0.39 is 0 Å². The summed E-state index contributed by atoms with van der Waals surface area (Å²) in [6, 6.07) is 20.5. The van der Waals surface area contributed by atoms with Crippen molar-refractivity contribution in [1.29, 1.82) is 0 Å². The van der Waals surface area contributed by atoms with Crippen LogP contribution in [0, 0.1) is 0 Å². The number of allylic oxidation sites excluding steroid dienone is 5. The molecule has 1 aliphatic rings. The topological polar surface area (TPSA) is 9.23 Å². The van der Waals surface area contributed by atoms with Gasteiger partial charge in [0.1, 0.15) is 5.75 Å². The van der Waals surface area contributed by atoms with E-state index in [4.69, 9.17) is 4.74 Å². The van der Waals surface area contributed by atoms with Crippen LogP contribution in [0.15, 0.2) is 96.6 Å². The maximum atomic E-state index is 5.94. The molecule has 1 aliphatic carbocycles. The molecule has 2 aromatic rings. The highest BCUT2D eigenvalue weighted by Gasteiger charge is 2.10. The van der Waals surface area contributed by atoms with Crippen molar-refractivity contribution in [2.24, 2.45) is 0 Å². The summed E-state index contributed by atoms with van der Waals surface area (Å²) in [7, 11) is 0. The van der Waals surface area contributed by atoms with E-state index in [2.05, 4.69) is 54.6 Å². The third kappa shape index (κ3) is 3.73. The molecule has 0 spiro atoms. The molecule has 0 radical (unpaired) electrons. The van der Waals surface area contributed by atoms with Crippen LogP contribution < -0.4 is 4.74 Å². The molecule has 3 rings (SSSR count). The quantitative estimate of drug-likeness (QED) is 0.753. The van der Waals surface area contributed by atoms with Crippen molar-refractivity contribution in [3.05, 3.63) is 102 Å². The van der Waals surface area contributed by atoms with Crippen LogP contribution in [-0.2, 0) is 0 Å². The molecule has 1 unspecified atom stereocenters. The fourth-order valence-corrected chi connectivity index (χ4v) is 2.38. The Balaban J connectivity index is 1.78. The van der Waals surface area contributed by atoms with Crippen LogP contribution in [0.3, 0.4) is 0 Å². The van der Waals surface area contributed by atoms with E-state index in [-0.39, 0.29) is 5.92 Å². The van der Waals surface area contributed by atoms with Gasteiger partial charge >= 0.3 is 0 Å². The van der Waals surface area contributed by atoms with Gasteiger partial charge in [-0.15, -0.1) is 0 Å². The molecule has 2 aromatic carbocycles. The third-order valence-corrected chi connectivity index (χ3v) is 3.48. The standard InChI is InChI=1S/C20H18O/c1-3-11-18(12-4-1)19(15-17-9-7-8-10-17)16-21-20-13-5-2-6-14-20/h1-15,19H,16H2. The highest BCUT2D eigenvalue weighted by atomic mass is 16.5. The lowest BCUT2D eigenvalue weighted by Crippen LogP contribution is -2.08. The van der Waals surface area contributed by atoms with Crippen LogP contribution in [0.1, 0.15) is 11.5 Å². The van der Waals surface area contributed by atoms with Crippen molar-refractivity contribution in [2.75, 3.05) is 6.61 Å². The third-order valence-electron chi connectivity index (χ3n) is 3.48. The average Bonchev–Trinajstić information content (AvgIpc) is 3.06. The minimum atomic E-state index is 0.244. The van der Waals surface area contributed by atoms with Crippen LogP contribution in [-0.4, -0.2) is 6.61 Å².